The zero-order valence-electron chi connectivity index (χ0n) is 12.0. The topological polar surface area (TPSA) is 41.5 Å². The Balaban J connectivity index is 1.91. The van der Waals surface area contributed by atoms with Crippen LogP contribution in [0.1, 0.15) is 44.6 Å². The van der Waals surface area contributed by atoms with Crippen molar-refractivity contribution in [1.29, 1.82) is 0 Å². The highest BCUT2D eigenvalue weighted by atomic mass is 16.5. The minimum absolute atomic E-state index is 0.258. The summed E-state index contributed by atoms with van der Waals surface area (Å²) >= 11 is 0. The van der Waals surface area contributed by atoms with E-state index < -0.39 is 0 Å². The fourth-order valence-corrected chi connectivity index (χ4v) is 2.95. The van der Waals surface area contributed by atoms with Crippen LogP contribution in [-0.2, 0) is 6.54 Å². The first-order chi connectivity index (χ1) is 9.22. The van der Waals surface area contributed by atoms with E-state index in [9.17, 15) is 5.11 Å². The summed E-state index contributed by atoms with van der Waals surface area (Å²) in [6.07, 6.45) is 6.78. The van der Waals surface area contributed by atoms with E-state index in [1.165, 1.54) is 32.1 Å². The van der Waals surface area contributed by atoms with Gasteiger partial charge >= 0.3 is 0 Å². The molecule has 0 aromatic heterocycles. The van der Waals surface area contributed by atoms with Crippen molar-refractivity contribution in [3.05, 3.63) is 23.8 Å². The summed E-state index contributed by atoms with van der Waals surface area (Å²) in [4.78, 5) is 0. The van der Waals surface area contributed by atoms with Crippen molar-refractivity contribution in [1.82, 2.24) is 5.32 Å². The Morgan fingerprint density at radius 3 is 2.74 bits per heavy atom. The predicted molar refractivity (Wildman–Crippen MR) is 77.5 cm³/mol. The number of ether oxygens (including phenoxy) is 1. The SMILES string of the molecule is COc1cccc(CNC(C)C2CCCCC2)c1O. The summed E-state index contributed by atoms with van der Waals surface area (Å²) in [5.41, 5.74) is 0.905. The molecule has 1 aliphatic carbocycles. The molecule has 106 valence electrons. The third-order valence-electron chi connectivity index (χ3n) is 4.27. The lowest BCUT2D eigenvalue weighted by Gasteiger charge is -2.28. The predicted octanol–water partition coefficient (Wildman–Crippen LogP) is 3.46. The summed E-state index contributed by atoms with van der Waals surface area (Å²) in [7, 11) is 1.58. The number of phenols is 1. The molecule has 0 spiro atoms. The van der Waals surface area contributed by atoms with E-state index in [2.05, 4.69) is 12.2 Å². The fourth-order valence-electron chi connectivity index (χ4n) is 2.95. The number of rotatable bonds is 5. The van der Waals surface area contributed by atoms with E-state index in [1.54, 1.807) is 13.2 Å². The lowest BCUT2D eigenvalue weighted by atomic mass is 9.84. The number of hydrogen-bond donors (Lipinski definition) is 2. The number of hydrogen-bond acceptors (Lipinski definition) is 3. The fraction of sp³-hybridized carbons (Fsp3) is 0.625. The van der Waals surface area contributed by atoms with E-state index >= 15 is 0 Å². The number of para-hydroxylation sites is 1. The Hall–Kier alpha value is -1.22. The van der Waals surface area contributed by atoms with Gasteiger partial charge in [0, 0.05) is 18.2 Å². The Bertz CT molecular complexity index is 400. The maximum Gasteiger partial charge on any atom is 0.162 e. The summed E-state index contributed by atoms with van der Waals surface area (Å²) < 4.78 is 5.13. The van der Waals surface area contributed by atoms with Crippen molar-refractivity contribution in [2.45, 2.75) is 51.6 Å². The van der Waals surface area contributed by atoms with Gasteiger partial charge in [0.25, 0.3) is 0 Å². The Morgan fingerprint density at radius 1 is 1.32 bits per heavy atom. The highest BCUT2D eigenvalue weighted by Gasteiger charge is 2.19. The molecule has 1 aromatic rings. The number of benzene rings is 1. The van der Waals surface area contributed by atoms with Gasteiger partial charge in [-0.25, -0.2) is 0 Å². The van der Waals surface area contributed by atoms with Gasteiger partial charge in [-0.3, -0.25) is 0 Å². The summed E-state index contributed by atoms with van der Waals surface area (Å²) in [5, 5.41) is 13.6. The van der Waals surface area contributed by atoms with Crippen molar-refractivity contribution in [2.75, 3.05) is 7.11 Å². The molecule has 1 aromatic carbocycles. The molecule has 1 fully saturated rings. The van der Waals surface area contributed by atoms with Crippen molar-refractivity contribution >= 4 is 0 Å². The molecule has 3 heteroatoms. The standard InChI is InChI=1S/C16H25NO2/c1-12(13-7-4-3-5-8-13)17-11-14-9-6-10-15(19-2)16(14)18/h6,9-10,12-13,17-18H,3-5,7-8,11H2,1-2H3. The molecular formula is C16H25NO2. The molecule has 0 radical (unpaired) electrons. The van der Waals surface area contributed by atoms with Crippen molar-refractivity contribution in [2.24, 2.45) is 5.92 Å². The third-order valence-corrected chi connectivity index (χ3v) is 4.27. The van der Waals surface area contributed by atoms with Gasteiger partial charge in [0.15, 0.2) is 11.5 Å². The zero-order valence-corrected chi connectivity index (χ0v) is 12.0. The van der Waals surface area contributed by atoms with Crippen LogP contribution < -0.4 is 10.1 Å². The second kappa shape index (κ2) is 6.80. The lowest BCUT2D eigenvalue weighted by molar-refractivity contribution is 0.279. The monoisotopic (exact) mass is 263 g/mol. The Morgan fingerprint density at radius 2 is 2.05 bits per heavy atom. The molecule has 0 amide bonds. The van der Waals surface area contributed by atoms with E-state index in [0.29, 0.717) is 18.3 Å². The smallest absolute Gasteiger partial charge is 0.162 e. The number of phenolic OH excluding ortho intramolecular Hbond substituents is 1. The number of nitrogens with one attached hydrogen (secondary N) is 1. The van der Waals surface area contributed by atoms with Crippen molar-refractivity contribution in [3.63, 3.8) is 0 Å². The first-order valence-corrected chi connectivity index (χ1v) is 7.30. The second-order valence-corrected chi connectivity index (χ2v) is 5.54. The normalized spacial score (nSPS) is 18.2. The van der Waals surface area contributed by atoms with Crippen LogP contribution >= 0.6 is 0 Å². The molecule has 1 atom stereocenters. The summed E-state index contributed by atoms with van der Waals surface area (Å²) in [6.45, 7) is 2.95. The van der Waals surface area contributed by atoms with Gasteiger partial charge in [-0.15, -0.1) is 0 Å². The Kier molecular flexibility index (Phi) is 5.08. The van der Waals surface area contributed by atoms with Gasteiger partial charge in [0.1, 0.15) is 0 Å². The maximum absolute atomic E-state index is 10.0. The zero-order chi connectivity index (χ0) is 13.7. The largest absolute Gasteiger partial charge is 0.504 e. The van der Waals surface area contributed by atoms with Gasteiger partial charge in [-0.2, -0.15) is 0 Å². The van der Waals surface area contributed by atoms with Crippen LogP contribution in [0.15, 0.2) is 18.2 Å². The molecule has 0 bridgehead atoms. The molecule has 0 aliphatic heterocycles. The molecule has 0 heterocycles. The summed E-state index contributed by atoms with van der Waals surface area (Å²) in [5.74, 6) is 1.58. The molecule has 0 saturated heterocycles. The van der Waals surface area contributed by atoms with Crippen LogP contribution in [0.4, 0.5) is 0 Å². The third kappa shape index (κ3) is 3.63. The molecule has 1 unspecified atom stereocenters. The Labute approximate surface area is 116 Å². The molecule has 1 aliphatic rings. The van der Waals surface area contributed by atoms with Crippen LogP contribution in [0.2, 0.25) is 0 Å². The first-order valence-electron chi connectivity index (χ1n) is 7.30. The molecule has 2 N–H and O–H groups in total. The average molecular weight is 263 g/mol. The quantitative estimate of drug-likeness (QED) is 0.855. The molecular weight excluding hydrogens is 238 g/mol. The minimum Gasteiger partial charge on any atom is -0.504 e. The minimum atomic E-state index is 0.258. The molecule has 19 heavy (non-hydrogen) atoms. The van der Waals surface area contributed by atoms with Crippen molar-refractivity contribution in [3.8, 4) is 11.5 Å². The van der Waals surface area contributed by atoms with Crippen LogP contribution in [0.25, 0.3) is 0 Å². The second-order valence-electron chi connectivity index (χ2n) is 5.54. The van der Waals surface area contributed by atoms with Gasteiger partial charge < -0.3 is 15.2 Å². The molecule has 2 rings (SSSR count). The van der Waals surface area contributed by atoms with Gasteiger partial charge in [0.05, 0.1) is 7.11 Å². The average Bonchev–Trinajstić information content (AvgIpc) is 2.47. The van der Waals surface area contributed by atoms with E-state index in [-0.39, 0.29) is 5.75 Å². The van der Waals surface area contributed by atoms with Crippen LogP contribution in [-0.4, -0.2) is 18.3 Å². The van der Waals surface area contributed by atoms with Crippen LogP contribution in [0.5, 0.6) is 11.5 Å². The highest BCUT2D eigenvalue weighted by molar-refractivity contribution is 5.45. The summed E-state index contributed by atoms with van der Waals surface area (Å²) in [6, 6.07) is 6.15. The first kappa shape index (κ1) is 14.2. The number of methoxy groups -OCH3 is 1. The molecule has 3 nitrogen and oxygen atoms in total. The number of aromatic hydroxyl groups is 1. The lowest BCUT2D eigenvalue weighted by Crippen LogP contribution is -2.34. The van der Waals surface area contributed by atoms with E-state index in [1.807, 2.05) is 12.1 Å². The van der Waals surface area contributed by atoms with Crippen LogP contribution in [0, 0.1) is 5.92 Å². The van der Waals surface area contributed by atoms with Gasteiger partial charge in [0.2, 0.25) is 0 Å². The van der Waals surface area contributed by atoms with Crippen molar-refractivity contribution < 1.29 is 9.84 Å². The highest BCUT2D eigenvalue weighted by Crippen LogP contribution is 2.30. The van der Waals surface area contributed by atoms with Gasteiger partial charge in [-0.1, -0.05) is 31.4 Å². The maximum atomic E-state index is 10.0. The van der Waals surface area contributed by atoms with E-state index in [4.69, 9.17) is 4.74 Å². The van der Waals surface area contributed by atoms with Crippen LogP contribution in [0.3, 0.4) is 0 Å². The molecule has 1 saturated carbocycles. The van der Waals surface area contributed by atoms with E-state index in [0.717, 1.165) is 11.5 Å². The van der Waals surface area contributed by atoms with Gasteiger partial charge in [-0.05, 0) is 31.7 Å².